The third-order valence-corrected chi connectivity index (χ3v) is 6.99. The lowest BCUT2D eigenvalue weighted by atomic mass is 9.88. The van der Waals surface area contributed by atoms with Gasteiger partial charge in [0.1, 0.15) is 11.6 Å². The Morgan fingerprint density at radius 2 is 2.00 bits per heavy atom. The highest BCUT2D eigenvalue weighted by atomic mass is 19.1. The standard InChI is InChI=1S/C26H40F2N4O5/c1-35-25(33)30-9-13-37-24(21-14-22(27)16-23(28)15-21)20-8-5-10-31(17-20)26(34)32(29)11-4-7-19-6-2-3-12-36-18-19/h14-16,19-20,24H,2-13,17-18,29H2,1H3,(H,30,33)/t19?,20?,24-/m1/s1. The molecule has 37 heavy (non-hydrogen) atoms. The van der Waals surface area contributed by atoms with Gasteiger partial charge in [-0.2, -0.15) is 0 Å². The normalized spacial score (nSPS) is 21.1. The lowest BCUT2D eigenvalue weighted by Crippen LogP contribution is -2.51. The maximum Gasteiger partial charge on any atom is 0.406 e. The van der Waals surface area contributed by atoms with Crippen LogP contribution in [0.15, 0.2) is 18.2 Å². The van der Waals surface area contributed by atoms with Gasteiger partial charge in [0.2, 0.25) is 0 Å². The van der Waals surface area contributed by atoms with E-state index in [1.165, 1.54) is 30.7 Å². The van der Waals surface area contributed by atoms with E-state index < -0.39 is 23.8 Å². The molecule has 0 spiro atoms. The number of hydrogen-bond acceptors (Lipinski definition) is 6. The summed E-state index contributed by atoms with van der Waals surface area (Å²) in [6.45, 7) is 3.20. The molecule has 1 aromatic carbocycles. The van der Waals surface area contributed by atoms with Crippen molar-refractivity contribution in [2.45, 2.75) is 51.0 Å². The van der Waals surface area contributed by atoms with Crippen LogP contribution in [0.1, 0.15) is 56.6 Å². The zero-order valence-corrected chi connectivity index (χ0v) is 21.6. The van der Waals surface area contributed by atoms with Gasteiger partial charge in [0.15, 0.2) is 0 Å². The summed E-state index contributed by atoms with van der Waals surface area (Å²) in [5, 5.41) is 3.79. The Bertz CT molecular complexity index is 849. The van der Waals surface area contributed by atoms with E-state index in [9.17, 15) is 18.4 Å². The van der Waals surface area contributed by atoms with E-state index in [0.29, 0.717) is 44.0 Å². The predicted molar refractivity (Wildman–Crippen MR) is 133 cm³/mol. The molecular formula is C26H40F2N4O5. The predicted octanol–water partition coefficient (Wildman–Crippen LogP) is 3.98. The van der Waals surface area contributed by atoms with Crippen molar-refractivity contribution in [2.24, 2.45) is 17.7 Å². The SMILES string of the molecule is COC(=O)NCCO[C@@H](c1cc(F)cc(F)c1)C1CCCN(C(=O)N(N)CCCC2CCCCOC2)C1. The van der Waals surface area contributed by atoms with Gasteiger partial charge in [0.25, 0.3) is 0 Å². The van der Waals surface area contributed by atoms with Gasteiger partial charge < -0.3 is 24.4 Å². The molecule has 2 fully saturated rings. The second kappa shape index (κ2) is 15.0. The summed E-state index contributed by atoms with van der Waals surface area (Å²) in [7, 11) is 1.26. The van der Waals surface area contributed by atoms with Crippen molar-refractivity contribution in [3.05, 3.63) is 35.4 Å². The summed E-state index contributed by atoms with van der Waals surface area (Å²) in [5.41, 5.74) is 0.352. The van der Waals surface area contributed by atoms with Crippen molar-refractivity contribution in [1.29, 1.82) is 0 Å². The first-order valence-corrected chi connectivity index (χ1v) is 13.2. The number of halogens is 2. The first-order chi connectivity index (χ1) is 17.9. The van der Waals surface area contributed by atoms with Gasteiger partial charge in [-0.1, -0.05) is 6.42 Å². The Hall–Kier alpha value is -2.50. The Morgan fingerprint density at radius 1 is 1.22 bits per heavy atom. The fourth-order valence-electron chi connectivity index (χ4n) is 5.11. The number of nitrogens with two attached hydrogens (primary N) is 1. The lowest BCUT2D eigenvalue weighted by Gasteiger charge is -2.38. The first kappa shape index (κ1) is 29.1. The number of rotatable bonds is 10. The number of amides is 3. The number of likely N-dealkylation sites (tertiary alicyclic amines) is 1. The van der Waals surface area contributed by atoms with Crippen LogP contribution in [0.2, 0.25) is 0 Å². The zero-order valence-electron chi connectivity index (χ0n) is 21.6. The molecule has 0 saturated carbocycles. The van der Waals surface area contributed by atoms with Crippen molar-refractivity contribution >= 4 is 12.1 Å². The van der Waals surface area contributed by atoms with E-state index in [2.05, 4.69) is 10.1 Å². The van der Waals surface area contributed by atoms with Crippen LogP contribution in [-0.4, -0.2) is 75.1 Å². The van der Waals surface area contributed by atoms with E-state index in [-0.39, 0.29) is 25.1 Å². The molecule has 2 saturated heterocycles. The molecule has 3 N–H and O–H groups in total. The molecular weight excluding hydrogens is 486 g/mol. The number of urea groups is 1. The van der Waals surface area contributed by atoms with Crippen LogP contribution in [0.5, 0.6) is 0 Å². The van der Waals surface area contributed by atoms with Crippen LogP contribution >= 0.6 is 0 Å². The summed E-state index contributed by atoms with van der Waals surface area (Å²) in [6.07, 6.45) is 5.33. The zero-order chi connectivity index (χ0) is 26.6. The molecule has 2 aliphatic rings. The van der Waals surface area contributed by atoms with Crippen molar-refractivity contribution in [3.8, 4) is 0 Å². The van der Waals surface area contributed by atoms with E-state index in [1.54, 1.807) is 4.90 Å². The molecule has 0 bridgehead atoms. The minimum atomic E-state index is -0.702. The van der Waals surface area contributed by atoms with Crippen LogP contribution in [0, 0.1) is 23.5 Å². The highest BCUT2D eigenvalue weighted by Crippen LogP contribution is 2.34. The molecule has 2 heterocycles. The Morgan fingerprint density at radius 3 is 2.76 bits per heavy atom. The smallest absolute Gasteiger partial charge is 0.406 e. The highest BCUT2D eigenvalue weighted by Gasteiger charge is 2.33. The van der Waals surface area contributed by atoms with Crippen LogP contribution in [0.25, 0.3) is 0 Å². The van der Waals surface area contributed by atoms with Gasteiger partial charge in [-0.25, -0.2) is 24.2 Å². The van der Waals surface area contributed by atoms with E-state index in [0.717, 1.165) is 45.0 Å². The first-order valence-electron chi connectivity index (χ1n) is 13.2. The number of ether oxygens (including phenoxy) is 3. The number of nitrogens with one attached hydrogen (secondary N) is 1. The quantitative estimate of drug-likeness (QED) is 0.207. The maximum atomic E-state index is 14.0. The number of carbonyl (C=O) groups excluding carboxylic acids is 2. The molecule has 3 amide bonds. The van der Waals surface area contributed by atoms with Crippen molar-refractivity contribution in [2.75, 3.05) is 53.1 Å². The van der Waals surface area contributed by atoms with Gasteiger partial charge in [0, 0.05) is 51.4 Å². The summed E-state index contributed by atoms with van der Waals surface area (Å²) >= 11 is 0. The van der Waals surface area contributed by atoms with Crippen molar-refractivity contribution < 1.29 is 32.6 Å². The Balaban J connectivity index is 1.58. The number of nitrogens with zero attached hydrogens (tertiary/aromatic N) is 2. The summed E-state index contributed by atoms with van der Waals surface area (Å²) < 4.78 is 44.2. The van der Waals surface area contributed by atoms with Crippen molar-refractivity contribution in [3.63, 3.8) is 0 Å². The number of piperidine rings is 1. The fraction of sp³-hybridized carbons (Fsp3) is 0.692. The Kier molecular flexibility index (Phi) is 11.8. The molecule has 0 aliphatic carbocycles. The number of carbonyl (C=O) groups is 2. The second-order valence-electron chi connectivity index (χ2n) is 9.82. The van der Waals surface area contributed by atoms with E-state index in [1.807, 2.05) is 0 Å². The Labute approximate surface area is 217 Å². The maximum absolute atomic E-state index is 14.0. The minimum absolute atomic E-state index is 0.107. The number of benzene rings is 1. The van der Waals surface area contributed by atoms with Crippen LogP contribution in [-0.2, 0) is 14.2 Å². The second-order valence-corrected chi connectivity index (χ2v) is 9.82. The lowest BCUT2D eigenvalue weighted by molar-refractivity contribution is -0.0110. The molecule has 0 radical (unpaired) electrons. The number of hydrogen-bond donors (Lipinski definition) is 2. The van der Waals surface area contributed by atoms with Crippen molar-refractivity contribution in [1.82, 2.24) is 15.2 Å². The van der Waals surface area contributed by atoms with Gasteiger partial charge >= 0.3 is 12.1 Å². The van der Waals surface area contributed by atoms with Gasteiger partial charge in [-0.15, -0.1) is 0 Å². The molecule has 208 valence electrons. The van der Waals surface area contributed by atoms with Crippen LogP contribution in [0.3, 0.4) is 0 Å². The van der Waals surface area contributed by atoms with Gasteiger partial charge in [-0.3, -0.25) is 5.01 Å². The largest absolute Gasteiger partial charge is 0.453 e. The molecule has 2 aliphatic heterocycles. The van der Waals surface area contributed by atoms with Crippen LogP contribution in [0.4, 0.5) is 18.4 Å². The monoisotopic (exact) mass is 526 g/mol. The molecule has 2 unspecified atom stereocenters. The molecule has 9 nitrogen and oxygen atoms in total. The summed E-state index contributed by atoms with van der Waals surface area (Å²) in [4.78, 5) is 26.1. The number of alkyl carbamates (subject to hydrolysis) is 1. The topological polar surface area (TPSA) is 106 Å². The van der Waals surface area contributed by atoms with Crippen LogP contribution < -0.4 is 11.2 Å². The third-order valence-electron chi connectivity index (χ3n) is 6.99. The van der Waals surface area contributed by atoms with E-state index >= 15 is 0 Å². The molecule has 1 aromatic rings. The summed E-state index contributed by atoms with van der Waals surface area (Å²) in [6, 6.07) is 3.03. The van der Waals surface area contributed by atoms with Gasteiger partial charge in [-0.05, 0) is 62.1 Å². The molecule has 0 aromatic heterocycles. The van der Waals surface area contributed by atoms with E-state index in [4.69, 9.17) is 15.3 Å². The molecule has 3 atom stereocenters. The molecule has 3 rings (SSSR count). The highest BCUT2D eigenvalue weighted by molar-refractivity contribution is 5.73. The van der Waals surface area contributed by atoms with Gasteiger partial charge in [0.05, 0.1) is 19.8 Å². The third kappa shape index (κ3) is 9.39. The average molecular weight is 527 g/mol. The summed E-state index contributed by atoms with van der Waals surface area (Å²) in [5.74, 6) is 5.03. The average Bonchev–Trinajstić information content (AvgIpc) is 3.16. The minimum Gasteiger partial charge on any atom is -0.453 e. The number of methoxy groups -OCH3 is 1. The fourth-order valence-corrected chi connectivity index (χ4v) is 5.11. The number of hydrazine groups is 1. The molecule has 11 heteroatoms.